The molecule has 0 aromatic heterocycles. The first-order valence-corrected chi connectivity index (χ1v) is 14.4. The van der Waals surface area contributed by atoms with E-state index in [1.165, 1.54) is 38.9 Å². The van der Waals surface area contributed by atoms with E-state index in [9.17, 15) is 10.2 Å². The predicted molar refractivity (Wildman–Crippen MR) is 170 cm³/mol. The van der Waals surface area contributed by atoms with Gasteiger partial charge in [-0.25, -0.2) is 0 Å². The van der Waals surface area contributed by atoms with E-state index >= 15 is 0 Å². The molecule has 0 aliphatic carbocycles. The smallest absolute Gasteiger partial charge is 0.105 e. The highest BCUT2D eigenvalue weighted by Crippen LogP contribution is 2.41. The van der Waals surface area contributed by atoms with Crippen molar-refractivity contribution in [3.05, 3.63) is 125 Å². The molecule has 0 aliphatic heterocycles. The second kappa shape index (κ2) is 11.0. The van der Waals surface area contributed by atoms with Crippen LogP contribution < -0.4 is 0 Å². The lowest BCUT2D eigenvalue weighted by molar-refractivity contribution is 0.218. The van der Waals surface area contributed by atoms with E-state index < -0.39 is 12.2 Å². The Kier molecular flexibility index (Phi) is 8.18. The van der Waals surface area contributed by atoms with Gasteiger partial charge in [0.1, 0.15) is 12.2 Å². The molecule has 4 aromatic carbocycles. The Morgan fingerprint density at radius 3 is 1.40 bits per heavy atom. The van der Waals surface area contributed by atoms with Crippen molar-refractivity contribution in [3.63, 3.8) is 0 Å². The van der Waals surface area contributed by atoms with E-state index in [1.807, 2.05) is 0 Å². The number of hydrogen-bond acceptors (Lipinski definition) is 2. The molecule has 0 spiro atoms. The minimum Gasteiger partial charge on any atom is -0.384 e. The van der Waals surface area contributed by atoms with Crippen molar-refractivity contribution < 1.29 is 10.2 Å². The molecule has 0 heterocycles. The highest BCUT2D eigenvalue weighted by molar-refractivity contribution is 5.77. The number of aliphatic hydroxyl groups is 2. The van der Waals surface area contributed by atoms with Gasteiger partial charge in [0, 0.05) is 0 Å². The van der Waals surface area contributed by atoms with E-state index in [1.54, 1.807) is 0 Å². The average Bonchev–Trinajstić information content (AvgIpc) is 2.92. The van der Waals surface area contributed by atoms with Gasteiger partial charge in [-0.1, -0.05) is 30.3 Å². The van der Waals surface area contributed by atoms with Gasteiger partial charge in [0.05, 0.1) is 0 Å². The highest BCUT2D eigenvalue weighted by Gasteiger charge is 2.24. The van der Waals surface area contributed by atoms with Crippen molar-refractivity contribution in [1.29, 1.82) is 0 Å². The van der Waals surface area contributed by atoms with Crippen molar-refractivity contribution in [2.75, 3.05) is 0 Å². The fraction of sp³-hybridized carbons (Fsp3) is 0.368. The van der Waals surface area contributed by atoms with E-state index in [2.05, 4.69) is 119 Å². The summed E-state index contributed by atoms with van der Waals surface area (Å²) in [6.07, 6.45) is -1.43. The van der Waals surface area contributed by atoms with Gasteiger partial charge in [-0.2, -0.15) is 0 Å². The number of aryl methyl sites for hydroxylation is 3. The molecule has 40 heavy (non-hydrogen) atoms. The molecule has 0 saturated carbocycles. The fourth-order valence-electron chi connectivity index (χ4n) is 6.32. The monoisotopic (exact) mass is 534 g/mol. The average molecular weight is 535 g/mol. The van der Waals surface area contributed by atoms with Crippen molar-refractivity contribution >= 4 is 0 Å². The van der Waals surface area contributed by atoms with Crippen molar-refractivity contribution in [3.8, 4) is 11.1 Å². The summed E-state index contributed by atoms with van der Waals surface area (Å²) in [5.74, 6) is 0. The van der Waals surface area contributed by atoms with Gasteiger partial charge in [-0.3, -0.25) is 0 Å². The van der Waals surface area contributed by atoms with E-state index in [4.69, 9.17) is 0 Å². The van der Waals surface area contributed by atoms with Crippen LogP contribution in [0, 0.1) is 83.1 Å². The SMILES string of the molecule is Cc1ccc(C(O)c2ccc(C)c(-c3cc(C(O)c4cc(C)c(C)c(C)c4C)c(C)c(C)c3C)c2C)c(C)c1C. The molecule has 0 aliphatic rings. The van der Waals surface area contributed by atoms with Crippen molar-refractivity contribution in [2.45, 2.75) is 95.3 Å². The number of rotatable bonds is 5. The predicted octanol–water partition coefficient (Wildman–Crippen LogP) is 9.22. The molecule has 2 unspecified atom stereocenters. The van der Waals surface area contributed by atoms with Crippen LogP contribution in [0.2, 0.25) is 0 Å². The summed E-state index contributed by atoms with van der Waals surface area (Å²) in [6.45, 7) is 25.6. The van der Waals surface area contributed by atoms with Gasteiger partial charge in [-0.05, 0) is 189 Å². The van der Waals surface area contributed by atoms with E-state index in [0.29, 0.717) is 0 Å². The zero-order chi connectivity index (χ0) is 29.8. The molecule has 0 bridgehead atoms. The standard InChI is InChI=1S/C38H46O2/c1-19-13-15-31(26(8)22(19)4)37(39)32-16-14-20(2)36(30(32)12)33-18-35(29(11)25(7)27(33)9)38(40)34-17-21(3)23(5)24(6)28(34)10/h13-18,37-40H,1-12H3. The zero-order valence-corrected chi connectivity index (χ0v) is 26.5. The largest absolute Gasteiger partial charge is 0.384 e. The molecular weight excluding hydrogens is 488 g/mol. The molecular formula is C38H46O2. The van der Waals surface area contributed by atoms with Gasteiger partial charge in [-0.15, -0.1) is 0 Å². The summed E-state index contributed by atoms with van der Waals surface area (Å²) in [7, 11) is 0. The fourth-order valence-corrected chi connectivity index (χ4v) is 6.32. The zero-order valence-electron chi connectivity index (χ0n) is 26.5. The van der Waals surface area contributed by atoms with Gasteiger partial charge in [0.2, 0.25) is 0 Å². The topological polar surface area (TPSA) is 40.5 Å². The third-order valence-corrected chi connectivity index (χ3v) is 10.0. The molecule has 210 valence electrons. The molecule has 2 N–H and O–H groups in total. The number of hydrogen-bond donors (Lipinski definition) is 2. The highest BCUT2D eigenvalue weighted by atomic mass is 16.3. The first-order chi connectivity index (χ1) is 18.7. The van der Waals surface area contributed by atoms with Crippen LogP contribution in [0.25, 0.3) is 11.1 Å². The van der Waals surface area contributed by atoms with Gasteiger partial charge < -0.3 is 10.2 Å². The van der Waals surface area contributed by atoms with Gasteiger partial charge in [0.15, 0.2) is 0 Å². The molecule has 0 saturated heterocycles. The molecule has 0 radical (unpaired) electrons. The van der Waals surface area contributed by atoms with Crippen molar-refractivity contribution in [2.24, 2.45) is 0 Å². The molecule has 2 nitrogen and oxygen atoms in total. The minimum atomic E-state index is -0.719. The van der Waals surface area contributed by atoms with Crippen LogP contribution in [0.5, 0.6) is 0 Å². The summed E-state index contributed by atoms with van der Waals surface area (Å²) in [6, 6.07) is 12.7. The van der Waals surface area contributed by atoms with Gasteiger partial charge in [0.25, 0.3) is 0 Å². The van der Waals surface area contributed by atoms with Crippen LogP contribution in [0.15, 0.2) is 36.4 Å². The maximum Gasteiger partial charge on any atom is 0.105 e. The van der Waals surface area contributed by atoms with E-state index in [-0.39, 0.29) is 0 Å². The third-order valence-electron chi connectivity index (χ3n) is 10.0. The molecule has 0 amide bonds. The van der Waals surface area contributed by atoms with Crippen LogP contribution in [0.4, 0.5) is 0 Å². The molecule has 4 aromatic rings. The first-order valence-electron chi connectivity index (χ1n) is 14.4. The summed E-state index contributed by atoms with van der Waals surface area (Å²) in [5, 5.41) is 23.5. The van der Waals surface area contributed by atoms with Crippen molar-refractivity contribution in [1.82, 2.24) is 0 Å². The van der Waals surface area contributed by atoms with Gasteiger partial charge >= 0.3 is 0 Å². The summed E-state index contributed by atoms with van der Waals surface area (Å²) in [4.78, 5) is 0. The first kappa shape index (κ1) is 29.8. The maximum atomic E-state index is 11.8. The summed E-state index contributed by atoms with van der Waals surface area (Å²) >= 11 is 0. The van der Waals surface area contributed by atoms with Crippen LogP contribution in [0.1, 0.15) is 101 Å². The maximum absolute atomic E-state index is 11.8. The lowest BCUT2D eigenvalue weighted by Gasteiger charge is -2.26. The molecule has 4 rings (SSSR count). The summed E-state index contributed by atoms with van der Waals surface area (Å²) < 4.78 is 0. The van der Waals surface area contributed by atoms with Crippen LogP contribution in [-0.4, -0.2) is 10.2 Å². The minimum absolute atomic E-state index is 0.711. The summed E-state index contributed by atoms with van der Waals surface area (Å²) in [5.41, 5.74) is 20.3. The van der Waals surface area contributed by atoms with Crippen LogP contribution in [-0.2, 0) is 0 Å². The number of aliphatic hydroxyl groups excluding tert-OH is 2. The Bertz CT molecular complexity index is 1640. The Labute approximate surface area is 241 Å². The lowest BCUT2D eigenvalue weighted by Crippen LogP contribution is -2.10. The second-order valence-corrected chi connectivity index (χ2v) is 12.0. The molecule has 2 heteroatoms. The normalized spacial score (nSPS) is 13.1. The van der Waals surface area contributed by atoms with Crippen LogP contribution >= 0.6 is 0 Å². The Hall–Kier alpha value is -3.20. The third kappa shape index (κ3) is 4.82. The van der Waals surface area contributed by atoms with Crippen LogP contribution in [0.3, 0.4) is 0 Å². The van der Waals surface area contributed by atoms with E-state index in [0.717, 1.165) is 61.2 Å². The Morgan fingerprint density at radius 2 is 0.800 bits per heavy atom. The quantitative estimate of drug-likeness (QED) is 0.268. The Morgan fingerprint density at radius 1 is 0.375 bits per heavy atom. The number of benzene rings is 4. The lowest BCUT2D eigenvalue weighted by atomic mass is 9.81. The Balaban J connectivity index is 1.93. The second-order valence-electron chi connectivity index (χ2n) is 12.0. The molecule has 2 atom stereocenters. The molecule has 0 fully saturated rings.